The van der Waals surface area contributed by atoms with Gasteiger partial charge in [-0.2, -0.15) is 5.26 Å². The molecular weight excluding hydrogens is 196 g/mol. The molecule has 0 unspecified atom stereocenters. The Morgan fingerprint density at radius 2 is 2.36 bits per heavy atom. The summed E-state index contributed by atoms with van der Waals surface area (Å²) in [4.78, 5) is 0. The fourth-order valence-electron chi connectivity index (χ4n) is 1.85. The second kappa shape index (κ2) is 4.00. The van der Waals surface area contributed by atoms with Gasteiger partial charge in [0.15, 0.2) is 0 Å². The highest BCUT2D eigenvalue weighted by Gasteiger charge is 2.19. The predicted octanol–water partition coefficient (Wildman–Crippen LogP) is 2.29. The van der Waals surface area contributed by atoms with Crippen LogP contribution in [0, 0.1) is 11.3 Å². The van der Waals surface area contributed by atoms with E-state index in [9.17, 15) is 0 Å². The second-order valence-electron chi connectivity index (χ2n) is 3.54. The van der Waals surface area contributed by atoms with E-state index in [1.807, 2.05) is 12.1 Å². The maximum atomic E-state index is 8.79. The first kappa shape index (κ1) is 9.51. The standard InChI is InChI=1S/C11H11ClN2/c12-11-2-1-8(6-13)5-10(11)9-3-4-14-7-9/h1-2,5,9,14H,3-4,7H2/t9-/m1/s1. The maximum Gasteiger partial charge on any atom is 0.0991 e. The average Bonchev–Trinajstić information content (AvgIpc) is 2.71. The van der Waals surface area contributed by atoms with Gasteiger partial charge in [0, 0.05) is 11.6 Å². The van der Waals surface area contributed by atoms with E-state index in [2.05, 4.69) is 11.4 Å². The zero-order chi connectivity index (χ0) is 9.97. The lowest BCUT2D eigenvalue weighted by molar-refractivity contribution is 0.763. The number of hydrogen-bond donors (Lipinski definition) is 1. The van der Waals surface area contributed by atoms with Crippen molar-refractivity contribution in [1.29, 1.82) is 5.26 Å². The van der Waals surface area contributed by atoms with Crippen LogP contribution in [0.25, 0.3) is 0 Å². The van der Waals surface area contributed by atoms with Gasteiger partial charge in [-0.15, -0.1) is 0 Å². The number of nitrogens with zero attached hydrogens (tertiary/aromatic N) is 1. The lowest BCUT2D eigenvalue weighted by Gasteiger charge is -2.10. The quantitative estimate of drug-likeness (QED) is 0.766. The minimum atomic E-state index is 0.468. The molecule has 14 heavy (non-hydrogen) atoms. The lowest BCUT2D eigenvalue weighted by atomic mass is 9.97. The van der Waals surface area contributed by atoms with Crippen LogP contribution < -0.4 is 5.32 Å². The molecule has 1 aliphatic heterocycles. The van der Waals surface area contributed by atoms with Crippen molar-refractivity contribution in [1.82, 2.24) is 5.32 Å². The molecule has 1 aromatic rings. The van der Waals surface area contributed by atoms with Crippen LogP contribution in [0.2, 0.25) is 5.02 Å². The molecule has 72 valence electrons. The summed E-state index contributed by atoms with van der Waals surface area (Å²) in [5.74, 6) is 0.468. The zero-order valence-electron chi connectivity index (χ0n) is 7.76. The van der Waals surface area contributed by atoms with Crippen LogP contribution in [0.3, 0.4) is 0 Å². The van der Waals surface area contributed by atoms with Crippen molar-refractivity contribution in [3.05, 3.63) is 34.3 Å². The summed E-state index contributed by atoms with van der Waals surface area (Å²) in [6, 6.07) is 7.61. The van der Waals surface area contributed by atoms with Crippen LogP contribution in [0.1, 0.15) is 23.5 Å². The molecular formula is C11H11ClN2. The largest absolute Gasteiger partial charge is 0.316 e. The van der Waals surface area contributed by atoms with Crippen LogP contribution in [0.15, 0.2) is 18.2 Å². The van der Waals surface area contributed by atoms with E-state index in [1.54, 1.807) is 6.07 Å². The van der Waals surface area contributed by atoms with Crippen LogP contribution in [-0.2, 0) is 0 Å². The van der Waals surface area contributed by atoms with E-state index in [0.717, 1.165) is 30.1 Å². The van der Waals surface area contributed by atoms with Gasteiger partial charge < -0.3 is 5.32 Å². The molecule has 1 atom stereocenters. The van der Waals surface area contributed by atoms with Gasteiger partial charge in [-0.1, -0.05) is 11.6 Å². The number of nitrogens with one attached hydrogen (secondary N) is 1. The second-order valence-corrected chi connectivity index (χ2v) is 3.95. The molecule has 3 heteroatoms. The molecule has 2 nitrogen and oxygen atoms in total. The van der Waals surface area contributed by atoms with Crippen molar-refractivity contribution in [3.8, 4) is 6.07 Å². The summed E-state index contributed by atoms with van der Waals surface area (Å²) >= 11 is 6.10. The molecule has 0 saturated carbocycles. The summed E-state index contributed by atoms with van der Waals surface area (Å²) in [6.45, 7) is 2.01. The average molecular weight is 207 g/mol. The van der Waals surface area contributed by atoms with Crippen LogP contribution in [0.4, 0.5) is 0 Å². The van der Waals surface area contributed by atoms with Gasteiger partial charge in [-0.3, -0.25) is 0 Å². The molecule has 1 aromatic carbocycles. The van der Waals surface area contributed by atoms with E-state index in [-0.39, 0.29) is 0 Å². The summed E-state index contributed by atoms with van der Waals surface area (Å²) < 4.78 is 0. The van der Waals surface area contributed by atoms with Crippen LogP contribution in [-0.4, -0.2) is 13.1 Å². The summed E-state index contributed by atoms with van der Waals surface area (Å²) in [7, 11) is 0. The van der Waals surface area contributed by atoms with E-state index >= 15 is 0 Å². The minimum absolute atomic E-state index is 0.468. The van der Waals surface area contributed by atoms with Crippen molar-refractivity contribution < 1.29 is 0 Å². The van der Waals surface area contributed by atoms with Gasteiger partial charge >= 0.3 is 0 Å². The number of halogens is 1. The van der Waals surface area contributed by atoms with Crippen molar-refractivity contribution in [2.75, 3.05) is 13.1 Å². The predicted molar refractivity (Wildman–Crippen MR) is 56.4 cm³/mol. The van der Waals surface area contributed by atoms with E-state index in [0.29, 0.717) is 11.5 Å². The monoisotopic (exact) mass is 206 g/mol. The summed E-state index contributed by atoms with van der Waals surface area (Å²) in [6.07, 6.45) is 1.11. The minimum Gasteiger partial charge on any atom is -0.316 e. The van der Waals surface area contributed by atoms with E-state index in [1.165, 1.54) is 0 Å². The molecule has 1 N–H and O–H groups in total. The Morgan fingerprint density at radius 1 is 1.50 bits per heavy atom. The number of hydrogen-bond acceptors (Lipinski definition) is 2. The Morgan fingerprint density at radius 3 is 3.00 bits per heavy atom. The first-order chi connectivity index (χ1) is 6.81. The Labute approximate surface area is 88.5 Å². The zero-order valence-corrected chi connectivity index (χ0v) is 8.51. The Balaban J connectivity index is 2.35. The van der Waals surface area contributed by atoms with Crippen molar-refractivity contribution in [3.63, 3.8) is 0 Å². The molecule has 1 aliphatic rings. The van der Waals surface area contributed by atoms with Crippen molar-refractivity contribution >= 4 is 11.6 Å². The molecule has 0 aliphatic carbocycles. The Hall–Kier alpha value is -1.04. The van der Waals surface area contributed by atoms with E-state index < -0.39 is 0 Å². The topological polar surface area (TPSA) is 35.8 Å². The van der Waals surface area contributed by atoms with Crippen molar-refractivity contribution in [2.24, 2.45) is 0 Å². The first-order valence-electron chi connectivity index (χ1n) is 4.71. The summed E-state index contributed by atoms with van der Waals surface area (Å²) in [5.41, 5.74) is 1.80. The highest BCUT2D eigenvalue weighted by molar-refractivity contribution is 6.31. The van der Waals surface area contributed by atoms with Gasteiger partial charge in [0.25, 0.3) is 0 Å². The van der Waals surface area contributed by atoms with Gasteiger partial charge in [0.1, 0.15) is 0 Å². The molecule has 0 amide bonds. The van der Waals surface area contributed by atoms with Crippen LogP contribution >= 0.6 is 11.6 Å². The maximum absolute atomic E-state index is 8.79. The van der Waals surface area contributed by atoms with Gasteiger partial charge in [0.2, 0.25) is 0 Å². The van der Waals surface area contributed by atoms with Crippen LogP contribution in [0.5, 0.6) is 0 Å². The van der Waals surface area contributed by atoms with Crippen molar-refractivity contribution in [2.45, 2.75) is 12.3 Å². The third-order valence-electron chi connectivity index (χ3n) is 2.63. The molecule has 1 saturated heterocycles. The third kappa shape index (κ3) is 1.75. The Bertz CT molecular complexity index is 375. The van der Waals surface area contributed by atoms with E-state index in [4.69, 9.17) is 16.9 Å². The molecule has 1 fully saturated rings. The number of rotatable bonds is 1. The molecule has 2 rings (SSSR count). The fourth-order valence-corrected chi connectivity index (χ4v) is 2.12. The highest BCUT2D eigenvalue weighted by atomic mass is 35.5. The fraction of sp³-hybridized carbons (Fsp3) is 0.364. The SMILES string of the molecule is N#Cc1ccc(Cl)c([C@@H]2CCNC2)c1. The lowest BCUT2D eigenvalue weighted by Crippen LogP contribution is -2.08. The molecule has 0 spiro atoms. The highest BCUT2D eigenvalue weighted by Crippen LogP contribution is 2.29. The van der Waals surface area contributed by atoms with Gasteiger partial charge in [-0.25, -0.2) is 0 Å². The van der Waals surface area contributed by atoms with Gasteiger partial charge in [-0.05, 0) is 42.6 Å². The smallest absolute Gasteiger partial charge is 0.0991 e. The molecule has 0 aromatic heterocycles. The number of benzene rings is 1. The molecule has 0 radical (unpaired) electrons. The Kier molecular flexibility index (Phi) is 2.72. The van der Waals surface area contributed by atoms with Gasteiger partial charge in [0.05, 0.1) is 11.6 Å². The molecule has 1 heterocycles. The molecule has 0 bridgehead atoms. The summed E-state index contributed by atoms with van der Waals surface area (Å²) in [5, 5.41) is 12.9. The normalized spacial score (nSPS) is 20.7. The third-order valence-corrected chi connectivity index (χ3v) is 2.97. The first-order valence-corrected chi connectivity index (χ1v) is 5.09. The number of nitriles is 1.